The molecule has 8 nitrogen and oxygen atoms in total. The van der Waals surface area contributed by atoms with Crippen LogP contribution in [0.25, 0.3) is 0 Å². The number of alkyl halides is 1. The van der Waals surface area contributed by atoms with E-state index in [0.29, 0.717) is 0 Å². The van der Waals surface area contributed by atoms with Gasteiger partial charge < -0.3 is 14.6 Å². The summed E-state index contributed by atoms with van der Waals surface area (Å²) in [6.07, 6.45) is -1.46. The fourth-order valence-corrected chi connectivity index (χ4v) is 2.42. The molecule has 1 aliphatic rings. The molecule has 2 rings (SSSR count). The van der Waals surface area contributed by atoms with Crippen molar-refractivity contribution < 1.29 is 19.4 Å². The first-order valence-corrected chi connectivity index (χ1v) is 6.26. The van der Waals surface area contributed by atoms with Gasteiger partial charge in [-0.25, -0.2) is 4.79 Å². The number of carbonyl (C=O) groups is 1. The molecule has 1 saturated heterocycles. The predicted octanol–water partition coefficient (Wildman–Crippen LogP) is -1.03. The van der Waals surface area contributed by atoms with Crippen molar-refractivity contribution in [2.75, 3.05) is 6.61 Å². The van der Waals surface area contributed by atoms with Crippen LogP contribution in [0, 0.1) is 0 Å². The summed E-state index contributed by atoms with van der Waals surface area (Å²) in [4.78, 5) is 35.8. The molecule has 0 saturated carbocycles. The monoisotopic (exact) mass is 304 g/mol. The van der Waals surface area contributed by atoms with Crippen molar-refractivity contribution in [3.63, 3.8) is 0 Å². The quantitative estimate of drug-likeness (QED) is 0.545. The van der Waals surface area contributed by atoms with E-state index < -0.39 is 47.6 Å². The summed E-state index contributed by atoms with van der Waals surface area (Å²) in [6.45, 7) is 0.785. The summed E-state index contributed by atoms with van der Waals surface area (Å²) in [5.41, 5.74) is -1.25. The minimum absolute atomic E-state index is 0.421. The summed E-state index contributed by atoms with van der Waals surface area (Å²) in [7, 11) is 0. The average molecular weight is 305 g/mol. The number of hydrogen-bond acceptors (Lipinski definition) is 6. The maximum Gasteiger partial charge on any atom is 0.330 e. The molecule has 0 spiro atoms. The van der Waals surface area contributed by atoms with Crippen LogP contribution in [0.15, 0.2) is 21.9 Å². The highest BCUT2D eigenvalue weighted by molar-refractivity contribution is 6.21. The van der Waals surface area contributed by atoms with Crippen molar-refractivity contribution in [1.29, 1.82) is 0 Å². The second-order valence-corrected chi connectivity index (χ2v) is 4.79. The first-order chi connectivity index (χ1) is 9.43. The molecule has 2 N–H and O–H groups in total. The molecule has 4 atom stereocenters. The number of aliphatic hydroxyl groups excluding tert-OH is 1. The molecule has 0 radical (unpaired) electrons. The molecular weight excluding hydrogens is 292 g/mol. The Hall–Kier alpha value is -1.64. The molecule has 0 unspecified atom stereocenters. The summed E-state index contributed by atoms with van der Waals surface area (Å²) in [6, 6.07) is 1.14. The highest BCUT2D eigenvalue weighted by Gasteiger charge is 2.46. The van der Waals surface area contributed by atoms with Crippen molar-refractivity contribution in [3.05, 3.63) is 33.1 Å². The van der Waals surface area contributed by atoms with E-state index in [-0.39, 0.29) is 0 Å². The van der Waals surface area contributed by atoms with Crippen LogP contribution in [-0.4, -0.2) is 44.8 Å². The van der Waals surface area contributed by atoms with Crippen LogP contribution >= 0.6 is 11.6 Å². The number of halogens is 1. The van der Waals surface area contributed by atoms with Crippen molar-refractivity contribution in [1.82, 2.24) is 9.55 Å². The van der Waals surface area contributed by atoms with Gasteiger partial charge in [0.15, 0.2) is 12.3 Å². The van der Waals surface area contributed by atoms with Gasteiger partial charge in [-0.3, -0.25) is 19.1 Å². The predicted molar refractivity (Wildman–Crippen MR) is 67.5 cm³/mol. The summed E-state index contributed by atoms with van der Waals surface area (Å²) in [5.74, 6) is -0.572. The number of esters is 1. The van der Waals surface area contributed by atoms with Crippen molar-refractivity contribution in [3.8, 4) is 0 Å². The normalized spacial score (nSPS) is 29.4. The van der Waals surface area contributed by atoms with Crippen molar-refractivity contribution >= 4 is 17.6 Å². The molecule has 1 aromatic heterocycles. The average Bonchev–Trinajstić information content (AvgIpc) is 2.67. The third kappa shape index (κ3) is 2.77. The van der Waals surface area contributed by atoms with E-state index in [1.165, 1.54) is 13.1 Å². The third-order valence-corrected chi connectivity index (χ3v) is 3.34. The molecular formula is C11H13ClN2O6. The van der Waals surface area contributed by atoms with Crippen LogP contribution in [0.4, 0.5) is 0 Å². The fourth-order valence-electron chi connectivity index (χ4n) is 2.03. The van der Waals surface area contributed by atoms with Gasteiger partial charge in [0, 0.05) is 19.2 Å². The maximum atomic E-state index is 11.7. The van der Waals surface area contributed by atoms with Crippen LogP contribution in [-0.2, 0) is 14.3 Å². The number of nitrogens with one attached hydrogen (secondary N) is 1. The number of rotatable bonds is 3. The number of hydrogen-bond donors (Lipinski definition) is 2. The van der Waals surface area contributed by atoms with E-state index in [0.717, 1.165) is 10.6 Å². The van der Waals surface area contributed by atoms with Crippen LogP contribution in [0.3, 0.4) is 0 Å². The standard InChI is InChI=1S/C11H13ClN2O6/c1-5(16)19-9-6(4-15)20-10(8(9)12)14-3-2-7(17)13-11(14)18/h2-3,6,8-10,15H,4H2,1H3,(H,13,17,18)/t6-,8-,9-,10-/m1/s1. The van der Waals surface area contributed by atoms with Crippen molar-refractivity contribution in [2.45, 2.75) is 30.7 Å². The number of nitrogens with zero attached hydrogens (tertiary/aromatic N) is 1. The topological polar surface area (TPSA) is 111 Å². The Labute approximate surface area is 117 Å². The maximum absolute atomic E-state index is 11.7. The Morgan fingerprint density at radius 2 is 2.30 bits per heavy atom. The van der Waals surface area contributed by atoms with E-state index in [4.69, 9.17) is 21.1 Å². The SMILES string of the molecule is CC(=O)O[C@H]1[C@@H](Cl)[C@H](n2ccc(=O)[nH]c2=O)O[C@@H]1CO. The lowest BCUT2D eigenvalue weighted by atomic mass is 10.2. The molecule has 110 valence electrons. The molecule has 2 heterocycles. The summed E-state index contributed by atoms with van der Waals surface area (Å²) >= 11 is 6.14. The number of aromatic amines is 1. The molecule has 0 amide bonds. The first-order valence-electron chi connectivity index (χ1n) is 5.83. The minimum Gasteiger partial charge on any atom is -0.458 e. The number of aliphatic hydroxyl groups is 1. The zero-order valence-electron chi connectivity index (χ0n) is 10.5. The molecule has 1 fully saturated rings. The summed E-state index contributed by atoms with van der Waals surface area (Å²) < 4.78 is 11.5. The molecule has 1 aliphatic heterocycles. The first kappa shape index (κ1) is 14.8. The molecule has 9 heteroatoms. The molecule has 0 aromatic carbocycles. The van der Waals surface area contributed by atoms with E-state index in [9.17, 15) is 19.5 Å². The van der Waals surface area contributed by atoms with Gasteiger partial charge in [0.2, 0.25) is 0 Å². The van der Waals surface area contributed by atoms with Gasteiger partial charge in [0.25, 0.3) is 5.56 Å². The van der Waals surface area contributed by atoms with Gasteiger partial charge in [0.05, 0.1) is 6.61 Å². The van der Waals surface area contributed by atoms with E-state index >= 15 is 0 Å². The smallest absolute Gasteiger partial charge is 0.330 e. The Bertz CT molecular complexity index is 611. The Morgan fingerprint density at radius 3 is 2.85 bits per heavy atom. The highest BCUT2D eigenvalue weighted by atomic mass is 35.5. The largest absolute Gasteiger partial charge is 0.458 e. The number of carbonyl (C=O) groups excluding carboxylic acids is 1. The lowest BCUT2D eigenvalue weighted by Gasteiger charge is -2.18. The lowest BCUT2D eigenvalue weighted by molar-refractivity contribution is -0.150. The number of ether oxygens (including phenoxy) is 2. The lowest BCUT2D eigenvalue weighted by Crippen LogP contribution is -2.37. The van der Waals surface area contributed by atoms with Gasteiger partial charge in [-0.1, -0.05) is 0 Å². The van der Waals surface area contributed by atoms with Crippen molar-refractivity contribution in [2.24, 2.45) is 0 Å². The zero-order chi connectivity index (χ0) is 14.9. The van der Waals surface area contributed by atoms with E-state index in [2.05, 4.69) is 4.98 Å². The Morgan fingerprint density at radius 1 is 1.60 bits per heavy atom. The Balaban J connectivity index is 2.32. The van der Waals surface area contributed by atoms with Crippen LogP contribution in [0.1, 0.15) is 13.2 Å². The zero-order valence-corrected chi connectivity index (χ0v) is 11.2. The summed E-state index contributed by atoms with van der Waals surface area (Å²) in [5, 5.41) is 8.35. The van der Waals surface area contributed by atoms with E-state index in [1.54, 1.807) is 0 Å². The van der Waals surface area contributed by atoms with Gasteiger partial charge >= 0.3 is 11.7 Å². The van der Waals surface area contributed by atoms with Gasteiger partial charge in [0.1, 0.15) is 11.5 Å². The second-order valence-electron chi connectivity index (χ2n) is 4.28. The second kappa shape index (κ2) is 5.78. The molecule has 0 aliphatic carbocycles. The van der Waals surface area contributed by atoms with E-state index in [1.807, 2.05) is 0 Å². The molecule has 0 bridgehead atoms. The van der Waals surface area contributed by atoms with Crippen LogP contribution in [0.2, 0.25) is 0 Å². The third-order valence-electron chi connectivity index (χ3n) is 2.87. The highest BCUT2D eigenvalue weighted by Crippen LogP contribution is 2.34. The number of aromatic nitrogens is 2. The Kier molecular flexibility index (Phi) is 4.26. The fraction of sp³-hybridized carbons (Fsp3) is 0.545. The van der Waals surface area contributed by atoms with Gasteiger partial charge in [-0.05, 0) is 0 Å². The molecule has 20 heavy (non-hydrogen) atoms. The van der Waals surface area contributed by atoms with Gasteiger partial charge in [-0.15, -0.1) is 11.6 Å². The van der Waals surface area contributed by atoms with Crippen LogP contribution in [0.5, 0.6) is 0 Å². The van der Waals surface area contributed by atoms with Crippen LogP contribution < -0.4 is 11.2 Å². The molecule has 1 aromatic rings. The van der Waals surface area contributed by atoms with Gasteiger partial charge in [-0.2, -0.15) is 0 Å². The minimum atomic E-state index is -0.956. The number of H-pyrrole nitrogens is 1.